The van der Waals surface area contributed by atoms with E-state index < -0.39 is 0 Å². The van der Waals surface area contributed by atoms with Gasteiger partial charge in [-0.2, -0.15) is 0 Å². The van der Waals surface area contributed by atoms with Crippen molar-refractivity contribution in [1.29, 1.82) is 0 Å². The van der Waals surface area contributed by atoms with E-state index in [-0.39, 0.29) is 0 Å². The number of nitrogens with zero attached hydrogens (tertiary/aromatic N) is 1. The molecule has 6 atom stereocenters. The van der Waals surface area contributed by atoms with E-state index in [1.54, 1.807) is 0 Å². The molecule has 0 spiro atoms. The lowest BCUT2D eigenvalue weighted by Gasteiger charge is -2.38. The summed E-state index contributed by atoms with van der Waals surface area (Å²) >= 11 is 0. The van der Waals surface area contributed by atoms with Gasteiger partial charge in [-0.3, -0.25) is 4.99 Å². The number of nitrogens with one attached hydrogen (secondary N) is 1. The molecule has 166 valence electrons. The highest BCUT2D eigenvalue weighted by Gasteiger charge is 2.32. The third-order valence-electron chi connectivity index (χ3n) is 7.80. The van der Waals surface area contributed by atoms with E-state index in [0.717, 1.165) is 48.1 Å². The number of hydrogen-bond acceptors (Lipinski definition) is 2. The first-order chi connectivity index (χ1) is 13.8. The van der Waals surface area contributed by atoms with Crippen molar-refractivity contribution in [2.75, 3.05) is 7.05 Å². The van der Waals surface area contributed by atoms with Crippen molar-refractivity contribution in [1.82, 2.24) is 5.32 Å². The van der Waals surface area contributed by atoms with Crippen molar-refractivity contribution in [2.45, 2.75) is 110 Å². The topological polar surface area (TPSA) is 24.4 Å². The van der Waals surface area contributed by atoms with Gasteiger partial charge in [-0.05, 0) is 115 Å². The summed E-state index contributed by atoms with van der Waals surface area (Å²) in [6.45, 7) is 17.3. The van der Waals surface area contributed by atoms with Gasteiger partial charge in [-0.25, -0.2) is 0 Å². The molecule has 2 rings (SSSR count). The maximum absolute atomic E-state index is 5.15. The fraction of sp³-hybridized carbons (Fsp3) is 0.815. The van der Waals surface area contributed by atoms with Gasteiger partial charge in [0.15, 0.2) is 0 Å². The molecular formula is C27H48N2. The van der Waals surface area contributed by atoms with Crippen LogP contribution in [0.2, 0.25) is 0 Å². The molecule has 29 heavy (non-hydrogen) atoms. The Morgan fingerprint density at radius 2 is 1.52 bits per heavy atom. The molecule has 0 saturated heterocycles. The molecule has 2 nitrogen and oxygen atoms in total. The molecule has 2 aliphatic rings. The maximum atomic E-state index is 5.15. The van der Waals surface area contributed by atoms with Crippen LogP contribution in [0.3, 0.4) is 0 Å². The van der Waals surface area contributed by atoms with E-state index in [0.29, 0.717) is 6.04 Å². The van der Waals surface area contributed by atoms with Crippen molar-refractivity contribution >= 4 is 5.71 Å². The van der Waals surface area contributed by atoms with Crippen LogP contribution in [0.1, 0.15) is 98.3 Å². The summed E-state index contributed by atoms with van der Waals surface area (Å²) in [5.74, 6) is 3.49. The van der Waals surface area contributed by atoms with Crippen molar-refractivity contribution in [2.24, 2.45) is 28.7 Å². The van der Waals surface area contributed by atoms with Gasteiger partial charge in [0.05, 0.1) is 6.04 Å². The van der Waals surface area contributed by atoms with E-state index in [1.807, 2.05) is 0 Å². The van der Waals surface area contributed by atoms with Crippen molar-refractivity contribution in [3.8, 4) is 0 Å². The summed E-state index contributed by atoms with van der Waals surface area (Å²) in [7, 11) is 2.13. The number of unbranched alkanes of at least 4 members (excludes halogenated alkanes) is 1. The van der Waals surface area contributed by atoms with Crippen LogP contribution in [-0.2, 0) is 0 Å². The first kappa shape index (κ1) is 24.4. The Kier molecular flexibility index (Phi) is 10.2. The van der Waals surface area contributed by atoms with Gasteiger partial charge in [0.25, 0.3) is 0 Å². The first-order valence-corrected chi connectivity index (χ1v) is 12.3. The van der Waals surface area contributed by atoms with E-state index in [1.165, 1.54) is 69.1 Å². The molecule has 1 N–H and O–H groups in total. The fourth-order valence-corrected chi connectivity index (χ4v) is 5.80. The van der Waals surface area contributed by atoms with Crippen LogP contribution in [0.4, 0.5) is 0 Å². The van der Waals surface area contributed by atoms with Crippen LogP contribution in [-0.4, -0.2) is 24.8 Å². The van der Waals surface area contributed by atoms with Crippen LogP contribution in [0, 0.1) is 23.7 Å². The highest BCUT2D eigenvalue weighted by Crippen LogP contribution is 2.39. The van der Waals surface area contributed by atoms with Gasteiger partial charge >= 0.3 is 0 Å². The molecule has 0 amide bonds. The Hall–Kier alpha value is -0.890. The van der Waals surface area contributed by atoms with Gasteiger partial charge < -0.3 is 5.32 Å². The molecule has 2 aliphatic carbocycles. The summed E-state index contributed by atoms with van der Waals surface area (Å²) in [5.41, 5.74) is 3.70. The first-order valence-electron chi connectivity index (χ1n) is 12.3. The molecule has 0 aromatic carbocycles. The molecular weight excluding hydrogens is 352 g/mol. The van der Waals surface area contributed by atoms with Crippen molar-refractivity contribution < 1.29 is 0 Å². The van der Waals surface area contributed by atoms with Crippen LogP contribution >= 0.6 is 0 Å². The number of rotatable bonds is 10. The van der Waals surface area contributed by atoms with Crippen molar-refractivity contribution in [3.05, 3.63) is 24.3 Å². The number of aliphatic imine (C=N–C) groups is 1. The van der Waals surface area contributed by atoms with Crippen LogP contribution in [0.5, 0.6) is 0 Å². The second-order valence-corrected chi connectivity index (χ2v) is 10.5. The van der Waals surface area contributed by atoms with Crippen molar-refractivity contribution in [3.63, 3.8) is 0 Å². The molecule has 0 radical (unpaired) electrons. The lowest BCUT2D eigenvalue weighted by Crippen LogP contribution is -2.38. The lowest BCUT2D eigenvalue weighted by atomic mass is 9.70. The third kappa shape index (κ3) is 8.04. The minimum atomic E-state index is 0.565. The molecule has 0 aromatic heterocycles. The Morgan fingerprint density at radius 1 is 0.897 bits per heavy atom. The quantitative estimate of drug-likeness (QED) is 0.231. The van der Waals surface area contributed by atoms with Gasteiger partial charge in [-0.15, -0.1) is 0 Å². The van der Waals surface area contributed by atoms with E-state index >= 15 is 0 Å². The molecule has 2 saturated carbocycles. The summed E-state index contributed by atoms with van der Waals surface area (Å²) in [6, 6.07) is 1.31. The molecule has 0 heterocycles. The predicted octanol–water partition coefficient (Wildman–Crippen LogP) is 7.36. The average Bonchev–Trinajstić information content (AvgIpc) is 2.67. The number of hydrogen-bond donors (Lipinski definition) is 1. The predicted molar refractivity (Wildman–Crippen MR) is 130 cm³/mol. The van der Waals surface area contributed by atoms with Crippen LogP contribution in [0.25, 0.3) is 0 Å². The third-order valence-corrected chi connectivity index (χ3v) is 7.80. The molecule has 2 heteroatoms. The van der Waals surface area contributed by atoms with Gasteiger partial charge in [-0.1, -0.05) is 38.2 Å². The lowest BCUT2D eigenvalue weighted by molar-refractivity contribution is 0.161. The summed E-state index contributed by atoms with van der Waals surface area (Å²) in [6.07, 6.45) is 14.4. The zero-order chi connectivity index (χ0) is 21.4. The van der Waals surface area contributed by atoms with Crippen LogP contribution < -0.4 is 5.32 Å². The SMILES string of the molecule is C=C(C)C(=C)CCCC/C(C)=N/C1CCC(CC2CCC(NC)C(C)C2)CC1C. The minimum absolute atomic E-state index is 0.565. The van der Waals surface area contributed by atoms with Crippen LogP contribution in [0.15, 0.2) is 29.3 Å². The second kappa shape index (κ2) is 12.1. The Morgan fingerprint density at radius 3 is 2.10 bits per heavy atom. The summed E-state index contributed by atoms with van der Waals surface area (Å²) < 4.78 is 0. The monoisotopic (exact) mass is 400 g/mol. The largest absolute Gasteiger partial charge is 0.317 e. The van der Waals surface area contributed by atoms with Gasteiger partial charge in [0, 0.05) is 11.8 Å². The zero-order valence-electron chi connectivity index (χ0n) is 20.1. The minimum Gasteiger partial charge on any atom is -0.317 e. The van der Waals surface area contributed by atoms with E-state index in [4.69, 9.17) is 4.99 Å². The van der Waals surface area contributed by atoms with E-state index in [9.17, 15) is 0 Å². The number of allylic oxidation sites excluding steroid dienone is 2. The van der Waals surface area contributed by atoms with E-state index in [2.05, 4.69) is 53.2 Å². The molecule has 0 bridgehead atoms. The zero-order valence-corrected chi connectivity index (χ0v) is 20.1. The standard InChI is InChI=1S/C27H48N2/c1-19(2)20(3)10-8-9-11-23(6)29-27-15-13-25(17-22(27)5)18-24-12-14-26(28-7)21(4)16-24/h21-22,24-28H,1,3,8-18H2,2,4-7H3/b29-23+. The molecule has 0 aromatic rings. The Balaban J connectivity index is 1.70. The highest BCUT2D eigenvalue weighted by atomic mass is 14.9. The normalized spacial score (nSPS) is 33.5. The average molecular weight is 401 g/mol. The Labute approximate surface area is 181 Å². The van der Waals surface area contributed by atoms with Gasteiger partial charge in [0.1, 0.15) is 0 Å². The summed E-state index contributed by atoms with van der Waals surface area (Å²) in [5, 5.41) is 3.51. The second-order valence-electron chi connectivity index (χ2n) is 10.5. The summed E-state index contributed by atoms with van der Waals surface area (Å²) in [4.78, 5) is 5.15. The maximum Gasteiger partial charge on any atom is 0.0524 e. The molecule has 6 unspecified atom stereocenters. The fourth-order valence-electron chi connectivity index (χ4n) is 5.80. The highest BCUT2D eigenvalue weighted by molar-refractivity contribution is 5.82. The smallest absolute Gasteiger partial charge is 0.0524 e. The molecule has 0 aliphatic heterocycles. The Bertz CT molecular complexity index is 561. The van der Waals surface area contributed by atoms with Gasteiger partial charge in [0.2, 0.25) is 0 Å². The molecule has 2 fully saturated rings.